The second-order valence-electron chi connectivity index (χ2n) is 5.45. The maximum absolute atomic E-state index is 12.3. The average molecular weight is 256 g/mol. The normalized spacial score (nSPS) is 17.7. The molecule has 0 bridgehead atoms. The zero-order valence-corrected chi connectivity index (χ0v) is 11.3. The summed E-state index contributed by atoms with van der Waals surface area (Å²) in [6.07, 6.45) is 4.03. The summed E-state index contributed by atoms with van der Waals surface area (Å²) >= 11 is 0. The lowest BCUT2D eigenvalue weighted by atomic mass is 9.92. The molecule has 18 heavy (non-hydrogen) atoms. The van der Waals surface area contributed by atoms with E-state index in [9.17, 15) is 9.59 Å². The Morgan fingerprint density at radius 3 is 2.33 bits per heavy atom. The first-order chi connectivity index (χ1) is 8.54. The number of amides is 2. The van der Waals surface area contributed by atoms with Crippen LogP contribution in [0, 0.1) is 11.8 Å². The summed E-state index contributed by atoms with van der Waals surface area (Å²) < 4.78 is 0. The minimum Gasteiger partial charge on any atom is -0.342 e. The topological polar surface area (TPSA) is 69.6 Å². The van der Waals surface area contributed by atoms with Crippen molar-refractivity contribution < 1.29 is 14.8 Å². The van der Waals surface area contributed by atoms with E-state index in [1.807, 2.05) is 18.7 Å². The Kier molecular flexibility index (Phi) is 6.12. The van der Waals surface area contributed by atoms with Gasteiger partial charge in [-0.1, -0.05) is 13.8 Å². The first-order valence-corrected chi connectivity index (χ1v) is 6.76. The number of likely N-dealkylation sites (tertiary alicyclic amines) is 1. The molecule has 1 saturated heterocycles. The maximum Gasteiger partial charge on any atom is 0.244 e. The van der Waals surface area contributed by atoms with Gasteiger partial charge in [0, 0.05) is 25.4 Å². The SMILES string of the molecule is CC(C)C[C@H](CC(=O)NO)C(=O)N1CCCCC1. The zero-order valence-electron chi connectivity index (χ0n) is 11.3. The highest BCUT2D eigenvalue weighted by molar-refractivity contribution is 5.85. The van der Waals surface area contributed by atoms with E-state index in [4.69, 9.17) is 5.21 Å². The number of hydroxylamine groups is 1. The maximum atomic E-state index is 12.3. The van der Waals surface area contributed by atoms with E-state index < -0.39 is 5.91 Å². The van der Waals surface area contributed by atoms with E-state index in [0.717, 1.165) is 25.9 Å². The standard InChI is InChI=1S/C13H24N2O3/c1-10(2)8-11(9-12(16)14-18)13(17)15-6-4-3-5-7-15/h10-11,18H,3-9H2,1-2H3,(H,14,16)/t11-/m1/s1. The van der Waals surface area contributed by atoms with Crippen LogP contribution >= 0.6 is 0 Å². The summed E-state index contributed by atoms with van der Waals surface area (Å²) in [5.41, 5.74) is 1.62. The summed E-state index contributed by atoms with van der Waals surface area (Å²) in [5, 5.41) is 8.59. The minimum atomic E-state index is -0.481. The van der Waals surface area contributed by atoms with Gasteiger partial charge in [-0.25, -0.2) is 5.48 Å². The minimum absolute atomic E-state index is 0.0620. The molecule has 1 aliphatic rings. The highest BCUT2D eigenvalue weighted by atomic mass is 16.5. The van der Waals surface area contributed by atoms with E-state index >= 15 is 0 Å². The average Bonchev–Trinajstić information content (AvgIpc) is 2.37. The molecule has 1 fully saturated rings. The van der Waals surface area contributed by atoms with Crippen molar-refractivity contribution in [3.63, 3.8) is 0 Å². The lowest BCUT2D eigenvalue weighted by Gasteiger charge is -2.30. The van der Waals surface area contributed by atoms with Gasteiger partial charge in [-0.05, 0) is 31.6 Å². The lowest BCUT2D eigenvalue weighted by Crippen LogP contribution is -2.41. The highest BCUT2D eigenvalue weighted by Crippen LogP contribution is 2.20. The molecule has 1 aliphatic heterocycles. The van der Waals surface area contributed by atoms with Crippen molar-refractivity contribution >= 4 is 11.8 Å². The summed E-state index contributed by atoms with van der Waals surface area (Å²) in [6.45, 7) is 5.67. The molecular weight excluding hydrogens is 232 g/mol. The number of nitrogens with one attached hydrogen (secondary N) is 1. The monoisotopic (exact) mass is 256 g/mol. The first-order valence-electron chi connectivity index (χ1n) is 6.76. The Bertz CT molecular complexity index is 286. The quantitative estimate of drug-likeness (QED) is 0.579. The third-order valence-electron chi connectivity index (χ3n) is 3.33. The van der Waals surface area contributed by atoms with Gasteiger partial charge in [0.1, 0.15) is 0 Å². The summed E-state index contributed by atoms with van der Waals surface area (Å²) in [5.74, 6) is -0.372. The van der Waals surface area contributed by atoms with E-state index in [-0.39, 0.29) is 18.2 Å². The molecule has 0 unspecified atom stereocenters. The van der Waals surface area contributed by atoms with Crippen LogP contribution in [0.2, 0.25) is 0 Å². The molecule has 5 heteroatoms. The largest absolute Gasteiger partial charge is 0.342 e. The fourth-order valence-corrected chi connectivity index (χ4v) is 2.48. The Morgan fingerprint density at radius 1 is 1.22 bits per heavy atom. The molecule has 2 N–H and O–H groups in total. The molecule has 1 rings (SSSR count). The van der Waals surface area contributed by atoms with Crippen molar-refractivity contribution in [2.45, 2.75) is 46.0 Å². The van der Waals surface area contributed by atoms with Gasteiger partial charge < -0.3 is 4.90 Å². The number of hydrogen-bond acceptors (Lipinski definition) is 3. The first kappa shape index (κ1) is 15.0. The fourth-order valence-electron chi connectivity index (χ4n) is 2.48. The summed E-state index contributed by atoms with van der Waals surface area (Å²) in [6, 6.07) is 0. The van der Waals surface area contributed by atoms with Crippen molar-refractivity contribution in [2.24, 2.45) is 11.8 Å². The van der Waals surface area contributed by atoms with Gasteiger partial charge in [-0.2, -0.15) is 0 Å². The van der Waals surface area contributed by atoms with Gasteiger partial charge in [-0.15, -0.1) is 0 Å². The second-order valence-corrected chi connectivity index (χ2v) is 5.45. The molecule has 1 atom stereocenters. The predicted molar refractivity (Wildman–Crippen MR) is 67.9 cm³/mol. The van der Waals surface area contributed by atoms with Crippen LogP contribution in [-0.2, 0) is 9.59 Å². The molecular formula is C13H24N2O3. The smallest absolute Gasteiger partial charge is 0.244 e. The lowest BCUT2D eigenvalue weighted by molar-refractivity contribution is -0.141. The Hall–Kier alpha value is -1.10. The van der Waals surface area contributed by atoms with Crippen molar-refractivity contribution in [3.8, 4) is 0 Å². The molecule has 0 saturated carbocycles. The fraction of sp³-hybridized carbons (Fsp3) is 0.846. The third-order valence-corrected chi connectivity index (χ3v) is 3.33. The molecule has 0 aromatic carbocycles. The summed E-state index contributed by atoms with van der Waals surface area (Å²) in [4.78, 5) is 25.5. The van der Waals surface area contributed by atoms with E-state index in [0.29, 0.717) is 12.3 Å². The van der Waals surface area contributed by atoms with Crippen LogP contribution < -0.4 is 5.48 Å². The van der Waals surface area contributed by atoms with Gasteiger partial charge in [0.15, 0.2) is 0 Å². The van der Waals surface area contributed by atoms with Gasteiger partial charge in [0.05, 0.1) is 0 Å². The molecule has 0 radical (unpaired) electrons. The van der Waals surface area contributed by atoms with Crippen molar-refractivity contribution in [1.29, 1.82) is 0 Å². The van der Waals surface area contributed by atoms with Crippen LogP contribution in [0.3, 0.4) is 0 Å². The number of carbonyl (C=O) groups excluding carboxylic acids is 2. The van der Waals surface area contributed by atoms with Crippen molar-refractivity contribution in [1.82, 2.24) is 10.4 Å². The Labute approximate surface area is 108 Å². The van der Waals surface area contributed by atoms with Gasteiger partial charge in [-0.3, -0.25) is 14.8 Å². The molecule has 1 heterocycles. The zero-order chi connectivity index (χ0) is 13.5. The molecule has 0 spiro atoms. The molecule has 0 aromatic rings. The number of nitrogens with zero attached hydrogens (tertiary/aromatic N) is 1. The van der Waals surface area contributed by atoms with E-state index in [2.05, 4.69) is 0 Å². The summed E-state index contributed by atoms with van der Waals surface area (Å²) in [7, 11) is 0. The van der Waals surface area contributed by atoms with Crippen LogP contribution in [0.15, 0.2) is 0 Å². The third kappa shape index (κ3) is 4.64. The molecule has 104 valence electrons. The van der Waals surface area contributed by atoms with Gasteiger partial charge in [0.25, 0.3) is 0 Å². The number of hydrogen-bond donors (Lipinski definition) is 2. The molecule has 2 amide bonds. The van der Waals surface area contributed by atoms with Crippen molar-refractivity contribution in [3.05, 3.63) is 0 Å². The number of piperidine rings is 1. The number of rotatable bonds is 5. The van der Waals surface area contributed by atoms with Crippen LogP contribution in [-0.4, -0.2) is 35.0 Å². The van der Waals surface area contributed by atoms with Crippen LogP contribution in [0.1, 0.15) is 46.0 Å². The van der Waals surface area contributed by atoms with Crippen LogP contribution in [0.5, 0.6) is 0 Å². The Morgan fingerprint density at radius 2 is 1.83 bits per heavy atom. The molecule has 5 nitrogen and oxygen atoms in total. The van der Waals surface area contributed by atoms with Crippen molar-refractivity contribution in [2.75, 3.05) is 13.1 Å². The highest BCUT2D eigenvalue weighted by Gasteiger charge is 2.27. The van der Waals surface area contributed by atoms with E-state index in [1.54, 1.807) is 5.48 Å². The second kappa shape index (κ2) is 7.36. The van der Waals surface area contributed by atoms with Gasteiger partial charge >= 0.3 is 0 Å². The predicted octanol–water partition coefficient (Wildman–Crippen LogP) is 1.56. The van der Waals surface area contributed by atoms with Crippen LogP contribution in [0.4, 0.5) is 0 Å². The van der Waals surface area contributed by atoms with Gasteiger partial charge in [0.2, 0.25) is 11.8 Å². The van der Waals surface area contributed by atoms with E-state index in [1.165, 1.54) is 6.42 Å². The number of carbonyl (C=O) groups is 2. The Balaban J connectivity index is 2.61. The molecule has 0 aromatic heterocycles. The van der Waals surface area contributed by atoms with Crippen LogP contribution in [0.25, 0.3) is 0 Å². The molecule has 0 aliphatic carbocycles.